The van der Waals surface area contributed by atoms with Crippen LogP contribution in [0.25, 0.3) is 16.9 Å². The lowest BCUT2D eigenvalue weighted by atomic mass is 10.1. The summed E-state index contributed by atoms with van der Waals surface area (Å²) >= 11 is 1.78. The van der Waals surface area contributed by atoms with Crippen LogP contribution >= 0.6 is 11.3 Å². The number of aromatic nitrogens is 3. The number of amides is 1. The fraction of sp³-hybridized carbons (Fsp3) is 0.414. The number of imidazole rings is 1. The maximum Gasteiger partial charge on any atom is 0.387 e. The summed E-state index contributed by atoms with van der Waals surface area (Å²) in [7, 11) is 1.39. The van der Waals surface area contributed by atoms with Crippen molar-refractivity contribution in [1.82, 2.24) is 24.6 Å². The smallest absolute Gasteiger partial charge is 0.387 e. The number of ether oxygens (including phenoxy) is 3. The third kappa shape index (κ3) is 6.13. The van der Waals surface area contributed by atoms with Crippen molar-refractivity contribution < 1.29 is 27.8 Å². The lowest BCUT2D eigenvalue weighted by Gasteiger charge is -2.25. The number of hydrogen-bond donors (Lipinski definition) is 1. The fourth-order valence-corrected chi connectivity index (χ4v) is 6.13. The Morgan fingerprint density at radius 3 is 2.85 bits per heavy atom. The zero-order valence-electron chi connectivity index (χ0n) is 22.9. The Hall–Kier alpha value is -3.77. The van der Waals surface area contributed by atoms with Crippen LogP contribution in [0, 0.1) is 6.92 Å². The molecule has 6 rings (SSSR count). The minimum atomic E-state index is -3.10. The van der Waals surface area contributed by atoms with Crippen LogP contribution in [0.1, 0.15) is 45.2 Å². The Kier molecular flexibility index (Phi) is 7.76. The number of thiazole rings is 1. The van der Waals surface area contributed by atoms with Gasteiger partial charge in [-0.15, -0.1) is 11.3 Å². The highest BCUT2D eigenvalue weighted by molar-refractivity contribution is 7.11. The average Bonchev–Trinajstić information content (AvgIpc) is 3.53. The molecule has 1 amide bonds. The van der Waals surface area contributed by atoms with E-state index in [0.29, 0.717) is 29.3 Å². The number of benzene rings is 1. The molecule has 3 aromatic heterocycles. The maximum atomic E-state index is 13.3. The van der Waals surface area contributed by atoms with Crippen molar-refractivity contribution >= 4 is 22.9 Å². The van der Waals surface area contributed by atoms with Crippen LogP contribution in [-0.4, -0.2) is 64.6 Å². The Bertz CT molecular complexity index is 1570. The van der Waals surface area contributed by atoms with Gasteiger partial charge in [-0.2, -0.15) is 8.78 Å². The molecule has 1 aromatic carbocycles. The molecule has 1 fully saturated rings. The molecular weight excluding hydrogens is 552 g/mol. The molecule has 0 atom stereocenters. The molecule has 4 aromatic rings. The first-order valence-electron chi connectivity index (χ1n) is 13.6. The van der Waals surface area contributed by atoms with Crippen LogP contribution in [0.5, 0.6) is 17.2 Å². The summed E-state index contributed by atoms with van der Waals surface area (Å²) in [4.78, 5) is 25.7. The van der Waals surface area contributed by atoms with Crippen LogP contribution in [0.15, 0.2) is 36.7 Å². The molecule has 9 nitrogen and oxygen atoms in total. The molecule has 1 aliphatic heterocycles. The molecule has 1 N–H and O–H groups in total. The predicted octanol–water partition coefficient (Wildman–Crippen LogP) is 5.10. The van der Waals surface area contributed by atoms with E-state index in [1.54, 1.807) is 23.6 Å². The second-order valence-corrected chi connectivity index (χ2v) is 11.5. The second-order valence-electron chi connectivity index (χ2n) is 10.2. The molecule has 0 unspecified atom stereocenters. The number of hydrogen-bond acceptors (Lipinski definition) is 8. The highest BCUT2D eigenvalue weighted by atomic mass is 32.1. The van der Waals surface area contributed by atoms with Crippen molar-refractivity contribution in [3.63, 3.8) is 0 Å². The zero-order chi connectivity index (χ0) is 28.5. The quantitative estimate of drug-likeness (QED) is 0.246. The Morgan fingerprint density at radius 2 is 2.07 bits per heavy atom. The summed E-state index contributed by atoms with van der Waals surface area (Å²) in [6, 6.07) is 6.77. The van der Waals surface area contributed by atoms with E-state index >= 15 is 0 Å². The van der Waals surface area contributed by atoms with Gasteiger partial charge in [0, 0.05) is 54.8 Å². The zero-order valence-corrected chi connectivity index (χ0v) is 23.7. The highest BCUT2D eigenvalue weighted by Crippen LogP contribution is 2.37. The molecule has 41 heavy (non-hydrogen) atoms. The number of methoxy groups -OCH3 is 1. The third-order valence-electron chi connectivity index (χ3n) is 7.23. The molecule has 0 bridgehead atoms. The minimum Gasteiger partial charge on any atom is -0.496 e. The maximum absolute atomic E-state index is 13.3. The number of rotatable bonds is 11. The largest absolute Gasteiger partial charge is 0.496 e. The monoisotopic (exact) mass is 583 g/mol. The van der Waals surface area contributed by atoms with E-state index in [4.69, 9.17) is 14.2 Å². The van der Waals surface area contributed by atoms with Crippen LogP contribution in [0.3, 0.4) is 0 Å². The number of nitrogens with zero attached hydrogens (tertiary/aromatic N) is 4. The van der Waals surface area contributed by atoms with Gasteiger partial charge in [-0.25, -0.2) is 9.97 Å². The molecule has 216 valence electrons. The summed E-state index contributed by atoms with van der Waals surface area (Å²) in [6.45, 7) is 2.44. The number of halogens is 2. The van der Waals surface area contributed by atoms with E-state index in [1.165, 1.54) is 23.7 Å². The molecule has 12 heteroatoms. The van der Waals surface area contributed by atoms with Crippen LogP contribution in [-0.2, 0) is 13.0 Å². The van der Waals surface area contributed by atoms with Gasteiger partial charge in [0.15, 0.2) is 0 Å². The van der Waals surface area contributed by atoms with Gasteiger partial charge < -0.3 is 19.5 Å². The standard InChI is InChI=1S/C29H31F2N5O4S/c1-17-33-21-7-9-35(16-25(21)41-17)8-3-11-39-20-6-10-36-22(15-32-26(36)14-20)18-12-23(38-2)27(24(13-18)40-29(30)31)28(37)34-19-4-5-19/h6,10,12-15,19,29H,3-5,7-9,11,16H2,1-2H3,(H,34,37). The van der Waals surface area contributed by atoms with Crippen LogP contribution in [0.2, 0.25) is 0 Å². The molecule has 2 aliphatic rings. The number of alkyl halides is 2. The average molecular weight is 584 g/mol. The van der Waals surface area contributed by atoms with Crippen molar-refractivity contribution in [2.24, 2.45) is 0 Å². The molecule has 0 spiro atoms. The summed E-state index contributed by atoms with van der Waals surface area (Å²) in [5.41, 5.74) is 2.97. The van der Waals surface area contributed by atoms with Gasteiger partial charge in [-0.3, -0.25) is 14.1 Å². The Labute approximate surface area is 240 Å². The van der Waals surface area contributed by atoms with E-state index in [1.807, 2.05) is 22.7 Å². The van der Waals surface area contributed by atoms with Crippen molar-refractivity contribution in [3.05, 3.63) is 57.8 Å². The van der Waals surface area contributed by atoms with Crippen molar-refractivity contribution in [1.29, 1.82) is 0 Å². The van der Waals surface area contributed by atoms with Gasteiger partial charge in [-0.05, 0) is 44.4 Å². The van der Waals surface area contributed by atoms with Crippen LogP contribution in [0.4, 0.5) is 8.78 Å². The van der Waals surface area contributed by atoms with Gasteiger partial charge in [0.25, 0.3) is 5.91 Å². The highest BCUT2D eigenvalue weighted by Gasteiger charge is 2.29. The first kappa shape index (κ1) is 27.4. The van der Waals surface area contributed by atoms with Gasteiger partial charge >= 0.3 is 6.61 Å². The predicted molar refractivity (Wildman–Crippen MR) is 150 cm³/mol. The number of fused-ring (bicyclic) bond motifs is 2. The molecule has 1 aliphatic carbocycles. The van der Waals surface area contributed by atoms with E-state index in [9.17, 15) is 13.6 Å². The van der Waals surface area contributed by atoms with Gasteiger partial charge in [0.2, 0.25) is 0 Å². The number of carbonyl (C=O) groups is 1. The van der Waals surface area contributed by atoms with E-state index in [0.717, 1.165) is 50.3 Å². The van der Waals surface area contributed by atoms with Crippen molar-refractivity contribution in [3.8, 4) is 28.5 Å². The summed E-state index contributed by atoms with van der Waals surface area (Å²) in [6.07, 6.45) is 7.06. The van der Waals surface area contributed by atoms with E-state index in [-0.39, 0.29) is 23.1 Å². The molecule has 0 radical (unpaired) electrons. The van der Waals surface area contributed by atoms with Crippen LogP contribution < -0.4 is 19.5 Å². The number of carbonyl (C=O) groups excluding carboxylic acids is 1. The first-order chi connectivity index (χ1) is 19.9. The first-order valence-corrected chi connectivity index (χ1v) is 14.4. The topological polar surface area (TPSA) is 90.2 Å². The van der Waals surface area contributed by atoms with Crippen molar-refractivity contribution in [2.45, 2.75) is 51.8 Å². The summed E-state index contributed by atoms with van der Waals surface area (Å²) < 4.78 is 44.7. The van der Waals surface area contributed by atoms with E-state index in [2.05, 4.69) is 27.1 Å². The minimum absolute atomic E-state index is 0.0440. The lowest BCUT2D eigenvalue weighted by molar-refractivity contribution is -0.0502. The SMILES string of the molecule is COc1cc(-c2cnc3cc(OCCCN4CCc5nc(C)sc5C4)ccn23)cc(OC(F)F)c1C(=O)NC1CC1. The fourth-order valence-electron chi connectivity index (χ4n) is 5.11. The Balaban J connectivity index is 1.15. The van der Waals surface area contributed by atoms with Gasteiger partial charge in [0.05, 0.1) is 36.3 Å². The van der Waals surface area contributed by atoms with Crippen molar-refractivity contribution in [2.75, 3.05) is 26.8 Å². The van der Waals surface area contributed by atoms with Gasteiger partial charge in [0.1, 0.15) is 28.5 Å². The van der Waals surface area contributed by atoms with Gasteiger partial charge in [-0.1, -0.05) is 0 Å². The molecule has 0 saturated heterocycles. The number of pyridine rings is 1. The molecular formula is C29H31F2N5O4S. The molecule has 1 saturated carbocycles. The summed E-state index contributed by atoms with van der Waals surface area (Å²) in [5.74, 6) is 0.0784. The third-order valence-corrected chi connectivity index (χ3v) is 8.22. The normalized spacial score (nSPS) is 15.2. The Morgan fingerprint density at radius 1 is 1.24 bits per heavy atom. The number of aryl methyl sites for hydroxylation is 1. The summed E-state index contributed by atoms with van der Waals surface area (Å²) in [5, 5.41) is 3.94. The second kappa shape index (κ2) is 11.6. The number of nitrogens with one attached hydrogen (secondary N) is 1. The van der Waals surface area contributed by atoms with E-state index < -0.39 is 12.5 Å². The molecule has 4 heterocycles. The lowest BCUT2D eigenvalue weighted by Crippen LogP contribution is -2.31.